The van der Waals surface area contributed by atoms with Crippen LogP contribution in [0.5, 0.6) is 0 Å². The Hall–Kier alpha value is -3.08. The van der Waals surface area contributed by atoms with Crippen molar-refractivity contribution < 1.29 is 19.5 Å². The van der Waals surface area contributed by atoms with E-state index in [4.69, 9.17) is 9.94 Å². The maximum atomic E-state index is 11.8. The van der Waals surface area contributed by atoms with Crippen LogP contribution in [0.25, 0.3) is 11.1 Å². The van der Waals surface area contributed by atoms with Crippen molar-refractivity contribution in [2.45, 2.75) is 6.54 Å². The van der Waals surface area contributed by atoms with Gasteiger partial charge in [-0.05, 0) is 47.0 Å². The molecule has 2 rings (SSSR count). The van der Waals surface area contributed by atoms with Crippen LogP contribution in [0, 0.1) is 0 Å². The van der Waals surface area contributed by atoms with Crippen molar-refractivity contribution in [3.63, 3.8) is 0 Å². The van der Waals surface area contributed by atoms with Crippen molar-refractivity contribution in [3.8, 4) is 11.1 Å². The number of aliphatic imine (C=N–C) groups is 1. The highest BCUT2D eigenvalue weighted by Gasteiger charge is 2.08. The van der Waals surface area contributed by atoms with E-state index in [0.29, 0.717) is 17.3 Å². The van der Waals surface area contributed by atoms with Gasteiger partial charge in [0.15, 0.2) is 5.17 Å². The summed E-state index contributed by atoms with van der Waals surface area (Å²) in [6, 6.07) is 13.1. The number of carbonyl (C=O) groups is 2. The van der Waals surface area contributed by atoms with Gasteiger partial charge in [-0.1, -0.05) is 23.9 Å². The number of carboxylic acid groups (broad SMARTS) is 1. The molecule has 0 radical (unpaired) electrons. The Bertz CT molecular complexity index is 903. The third-order valence-electron chi connectivity index (χ3n) is 3.89. The minimum atomic E-state index is -0.917. The number of hydrogen-bond acceptors (Lipinski definition) is 7. The number of hydrogen-bond donors (Lipinski definition) is 5. The number of nitrogens with zero attached hydrogens (tertiary/aromatic N) is 1. The molecule has 0 spiro atoms. The monoisotopic (exact) mass is 431 g/mol. The number of carboxylic acids is 1. The first-order chi connectivity index (χ1) is 14.5. The van der Waals surface area contributed by atoms with Crippen LogP contribution in [0.1, 0.15) is 15.9 Å². The molecule has 0 atom stereocenters. The van der Waals surface area contributed by atoms with Crippen molar-refractivity contribution in [2.24, 2.45) is 4.99 Å². The number of hydrazine groups is 1. The van der Waals surface area contributed by atoms with Gasteiger partial charge in [0.2, 0.25) is 0 Å². The topological polar surface area (TPSA) is 124 Å². The largest absolute Gasteiger partial charge is 0.481 e. The lowest BCUT2D eigenvalue weighted by Crippen LogP contribution is -2.33. The van der Waals surface area contributed by atoms with Crippen molar-refractivity contribution in [1.82, 2.24) is 16.2 Å². The summed E-state index contributed by atoms with van der Waals surface area (Å²) in [4.78, 5) is 32.1. The highest BCUT2D eigenvalue weighted by Crippen LogP contribution is 2.26. The molecule has 0 aliphatic heterocycles. The molecule has 1 amide bonds. The Morgan fingerprint density at radius 2 is 1.83 bits per heavy atom. The maximum Gasteiger partial charge on any atom is 0.313 e. The fourth-order valence-corrected chi connectivity index (χ4v) is 3.20. The number of amides is 1. The molecule has 0 heterocycles. The maximum absolute atomic E-state index is 11.8. The molecule has 2 aromatic rings. The summed E-state index contributed by atoms with van der Waals surface area (Å²) in [6.45, 7) is 0.333. The molecule has 0 unspecified atom stereocenters. The molecule has 160 valence electrons. The number of aliphatic carboxylic acids is 1. The van der Waals surface area contributed by atoms with Crippen molar-refractivity contribution >= 4 is 34.5 Å². The first-order valence-electron chi connectivity index (χ1n) is 9.04. The van der Waals surface area contributed by atoms with E-state index in [1.807, 2.05) is 30.3 Å². The SMILES string of the molecule is CNNC(=NCc1cc(NOC)cc(-c2ccc(C(=O)NC)cc2)c1)SCC(=O)O. The second-order valence-corrected chi connectivity index (χ2v) is 7.02. The Labute approximate surface area is 179 Å². The number of thioether (sulfide) groups is 1. The predicted molar refractivity (Wildman–Crippen MR) is 119 cm³/mol. The number of carbonyl (C=O) groups excluding carboxylic acids is 1. The normalized spacial score (nSPS) is 11.1. The zero-order valence-corrected chi connectivity index (χ0v) is 17.8. The molecule has 0 aliphatic rings. The van der Waals surface area contributed by atoms with Gasteiger partial charge in [0.25, 0.3) is 5.91 Å². The first-order valence-corrected chi connectivity index (χ1v) is 10.0. The summed E-state index contributed by atoms with van der Waals surface area (Å²) in [7, 11) is 4.80. The van der Waals surface area contributed by atoms with Crippen LogP contribution in [-0.4, -0.2) is 49.1 Å². The zero-order chi connectivity index (χ0) is 21.9. The quantitative estimate of drug-likeness (QED) is 0.232. The molecule has 0 fully saturated rings. The van der Waals surface area contributed by atoms with Crippen molar-refractivity contribution in [3.05, 3.63) is 53.6 Å². The third kappa shape index (κ3) is 7.07. The van der Waals surface area contributed by atoms with Gasteiger partial charge >= 0.3 is 5.97 Å². The second-order valence-electron chi connectivity index (χ2n) is 6.06. The van der Waals surface area contributed by atoms with E-state index in [-0.39, 0.29) is 11.7 Å². The van der Waals surface area contributed by atoms with Gasteiger partial charge in [-0.2, -0.15) is 0 Å². The average Bonchev–Trinajstić information content (AvgIpc) is 2.75. The summed E-state index contributed by atoms with van der Waals surface area (Å²) in [5, 5.41) is 11.9. The first kappa shape index (κ1) is 23.2. The lowest BCUT2D eigenvalue weighted by atomic mass is 10.0. The van der Waals surface area contributed by atoms with E-state index in [0.717, 1.165) is 34.1 Å². The number of nitrogens with one attached hydrogen (secondary N) is 4. The molecule has 0 bridgehead atoms. The zero-order valence-electron chi connectivity index (χ0n) is 17.0. The minimum absolute atomic E-state index is 0.0955. The van der Waals surface area contributed by atoms with E-state index in [1.54, 1.807) is 26.2 Å². The molecule has 9 nitrogen and oxygen atoms in total. The van der Waals surface area contributed by atoms with E-state index in [1.165, 1.54) is 7.11 Å². The van der Waals surface area contributed by atoms with Crippen LogP contribution in [0.2, 0.25) is 0 Å². The van der Waals surface area contributed by atoms with Gasteiger partial charge in [-0.3, -0.25) is 24.9 Å². The summed E-state index contributed by atoms with van der Waals surface area (Å²) in [6.07, 6.45) is 0. The van der Waals surface area contributed by atoms with Crippen molar-refractivity contribution in [1.29, 1.82) is 0 Å². The Morgan fingerprint density at radius 1 is 1.10 bits per heavy atom. The summed E-state index contributed by atoms with van der Waals surface area (Å²) >= 11 is 1.09. The Balaban J connectivity index is 2.29. The van der Waals surface area contributed by atoms with Gasteiger partial charge in [0.1, 0.15) is 0 Å². The lowest BCUT2D eigenvalue weighted by Gasteiger charge is -2.11. The fourth-order valence-electron chi connectivity index (χ4n) is 2.61. The Kier molecular flexibility index (Phi) is 9.13. The van der Waals surface area contributed by atoms with Crippen LogP contribution in [0.15, 0.2) is 47.5 Å². The van der Waals surface area contributed by atoms with Gasteiger partial charge in [0, 0.05) is 19.7 Å². The van der Waals surface area contributed by atoms with Crippen molar-refractivity contribution in [2.75, 3.05) is 32.4 Å². The molecule has 0 saturated heterocycles. The minimum Gasteiger partial charge on any atom is -0.481 e. The summed E-state index contributed by atoms with van der Waals surface area (Å²) in [5.41, 5.74) is 12.5. The summed E-state index contributed by atoms with van der Waals surface area (Å²) in [5.74, 6) is -1.16. The highest BCUT2D eigenvalue weighted by molar-refractivity contribution is 8.14. The molecule has 2 aromatic carbocycles. The molecule has 10 heteroatoms. The standard InChI is InChI=1S/C20H25N5O4S/c1-21-19(28)15-6-4-14(5-7-15)16-8-13(9-17(10-16)25-29-3)11-23-20(24-22-2)30-12-18(26)27/h4-10,22,25H,11-12H2,1-3H3,(H,21,28)(H,23,24)(H,26,27). The number of benzene rings is 2. The third-order valence-corrected chi connectivity index (χ3v) is 4.79. The van der Waals surface area contributed by atoms with Crippen LogP contribution in [0.3, 0.4) is 0 Å². The van der Waals surface area contributed by atoms with E-state index in [9.17, 15) is 9.59 Å². The number of amidine groups is 1. The van der Waals surface area contributed by atoms with Crippen LogP contribution < -0.4 is 21.6 Å². The molecule has 5 N–H and O–H groups in total. The highest BCUT2D eigenvalue weighted by atomic mass is 32.2. The molecular formula is C20H25N5O4S. The smallest absolute Gasteiger partial charge is 0.313 e. The van der Waals surface area contributed by atoms with E-state index < -0.39 is 5.97 Å². The second kappa shape index (κ2) is 11.8. The molecule has 30 heavy (non-hydrogen) atoms. The molecule has 0 saturated carbocycles. The fraction of sp³-hybridized carbons (Fsp3) is 0.250. The number of rotatable bonds is 9. The molecule has 0 aliphatic carbocycles. The summed E-state index contributed by atoms with van der Waals surface area (Å²) < 4.78 is 0. The van der Waals surface area contributed by atoms with Crippen LogP contribution in [0.4, 0.5) is 5.69 Å². The molecular weight excluding hydrogens is 406 g/mol. The van der Waals surface area contributed by atoms with Crippen LogP contribution >= 0.6 is 11.8 Å². The number of anilines is 1. The average molecular weight is 432 g/mol. The van der Waals surface area contributed by atoms with Gasteiger partial charge in [-0.15, -0.1) is 0 Å². The Morgan fingerprint density at radius 3 is 2.43 bits per heavy atom. The molecule has 0 aromatic heterocycles. The van der Waals surface area contributed by atoms with Gasteiger partial charge < -0.3 is 15.8 Å². The lowest BCUT2D eigenvalue weighted by molar-refractivity contribution is -0.133. The predicted octanol–water partition coefficient (Wildman–Crippen LogP) is 2.08. The van der Waals surface area contributed by atoms with Crippen LogP contribution in [-0.2, 0) is 16.2 Å². The van der Waals surface area contributed by atoms with Gasteiger partial charge in [0.05, 0.1) is 25.1 Å². The van der Waals surface area contributed by atoms with Gasteiger partial charge in [-0.25, -0.2) is 5.43 Å². The van der Waals surface area contributed by atoms with E-state index in [2.05, 4.69) is 26.6 Å². The van der Waals surface area contributed by atoms with E-state index >= 15 is 0 Å².